The fourth-order valence-corrected chi connectivity index (χ4v) is 5.85. The summed E-state index contributed by atoms with van der Waals surface area (Å²) in [6.07, 6.45) is 7.60. The van der Waals surface area contributed by atoms with Crippen molar-refractivity contribution in [2.75, 3.05) is 11.4 Å². The van der Waals surface area contributed by atoms with Crippen LogP contribution in [0.2, 0.25) is 0 Å². The van der Waals surface area contributed by atoms with Crippen LogP contribution < -0.4 is 10.2 Å². The summed E-state index contributed by atoms with van der Waals surface area (Å²) < 4.78 is 5.48. The summed E-state index contributed by atoms with van der Waals surface area (Å²) in [5.74, 6) is 5.63. The van der Waals surface area contributed by atoms with Gasteiger partial charge in [-0.15, -0.1) is 11.3 Å². The molecule has 2 aliphatic carbocycles. The van der Waals surface area contributed by atoms with Crippen LogP contribution in [0.15, 0.2) is 6.07 Å². The molecule has 1 aromatic heterocycles. The molecule has 3 rings (SSSR count). The number of carboxylic acids is 1. The van der Waals surface area contributed by atoms with Gasteiger partial charge in [0.05, 0.1) is 10.6 Å². The Morgan fingerprint density at radius 2 is 1.81 bits per heavy atom. The number of amides is 2. The maximum Gasteiger partial charge on any atom is 0.407 e. The Bertz CT molecular complexity index is 1020. The first-order valence-electron chi connectivity index (χ1n) is 13.6. The number of thiophene rings is 1. The molecule has 2 aliphatic rings. The minimum Gasteiger partial charge on any atom is -0.477 e. The van der Waals surface area contributed by atoms with Gasteiger partial charge >= 0.3 is 12.1 Å². The third kappa shape index (κ3) is 8.49. The van der Waals surface area contributed by atoms with Crippen LogP contribution in [0, 0.1) is 29.1 Å². The SMILES string of the molecule is CC1CCC(C(=O)N(c2cc(C#CC(C)(C)C)sc2C(=O)O)[C@@H](C)CCNC(=O)OC2CCCC2)CC1. The molecule has 7 nitrogen and oxygen atoms in total. The third-order valence-corrected chi connectivity index (χ3v) is 8.21. The normalized spacial score (nSPS) is 21.0. The van der Waals surface area contributed by atoms with Gasteiger partial charge in [0, 0.05) is 23.9 Å². The molecule has 0 radical (unpaired) electrons. The van der Waals surface area contributed by atoms with E-state index in [1.807, 2.05) is 27.7 Å². The Hall–Kier alpha value is -2.53. The zero-order valence-corrected chi connectivity index (χ0v) is 23.7. The van der Waals surface area contributed by atoms with Crippen LogP contribution in [0.5, 0.6) is 0 Å². The summed E-state index contributed by atoms with van der Waals surface area (Å²) in [5, 5.41) is 12.8. The number of aromatic carboxylic acids is 1. The van der Waals surface area contributed by atoms with E-state index in [4.69, 9.17) is 4.74 Å². The number of carbonyl (C=O) groups is 3. The maximum absolute atomic E-state index is 13.9. The Balaban J connectivity index is 1.81. The molecule has 0 spiro atoms. The lowest BCUT2D eigenvalue weighted by Gasteiger charge is -2.35. The molecule has 37 heavy (non-hydrogen) atoms. The molecule has 0 bridgehead atoms. The monoisotopic (exact) mass is 530 g/mol. The Kier molecular flexibility index (Phi) is 10.1. The van der Waals surface area contributed by atoms with Crippen LogP contribution in [0.3, 0.4) is 0 Å². The van der Waals surface area contributed by atoms with E-state index in [1.54, 1.807) is 11.0 Å². The molecule has 2 saturated carbocycles. The number of carboxylic acid groups (broad SMARTS) is 1. The minimum atomic E-state index is -1.07. The topological polar surface area (TPSA) is 95.9 Å². The molecule has 1 aromatic rings. The number of carbonyl (C=O) groups excluding carboxylic acids is 2. The molecular formula is C29H42N2O5S. The van der Waals surface area contributed by atoms with Crippen molar-refractivity contribution in [1.29, 1.82) is 0 Å². The second-order valence-corrected chi connectivity index (χ2v) is 12.7. The highest BCUT2D eigenvalue weighted by Crippen LogP contribution is 2.36. The Morgan fingerprint density at radius 1 is 1.16 bits per heavy atom. The molecule has 0 aliphatic heterocycles. The van der Waals surface area contributed by atoms with Crippen molar-refractivity contribution < 1.29 is 24.2 Å². The lowest BCUT2D eigenvalue weighted by Crippen LogP contribution is -2.45. The standard InChI is InChI=1S/C29H42N2O5S/c1-19-10-12-21(13-11-19)26(32)31(20(2)15-17-30-28(35)36-22-8-6-7-9-22)24-18-23(14-16-29(3,4)5)37-25(24)27(33)34/h18-22H,6-13,15,17H2,1-5H3,(H,30,35)(H,33,34)/t19?,20-,21?/m0/s1. The van der Waals surface area contributed by atoms with E-state index in [0.717, 1.165) is 62.7 Å². The summed E-state index contributed by atoms with van der Waals surface area (Å²) in [6, 6.07) is 1.43. The van der Waals surface area contributed by atoms with Gasteiger partial charge < -0.3 is 20.1 Å². The van der Waals surface area contributed by atoms with E-state index in [9.17, 15) is 19.5 Å². The Labute approximate surface area is 225 Å². The number of hydrogen-bond donors (Lipinski definition) is 2. The second kappa shape index (κ2) is 12.8. The molecule has 2 amide bonds. The largest absolute Gasteiger partial charge is 0.477 e. The molecule has 2 N–H and O–H groups in total. The number of hydrogen-bond acceptors (Lipinski definition) is 5. The lowest BCUT2D eigenvalue weighted by atomic mass is 9.82. The van der Waals surface area contributed by atoms with Gasteiger partial charge in [-0.3, -0.25) is 4.79 Å². The van der Waals surface area contributed by atoms with Gasteiger partial charge in [0.1, 0.15) is 11.0 Å². The molecule has 8 heteroatoms. The number of nitrogens with one attached hydrogen (secondary N) is 1. The molecule has 2 fully saturated rings. The smallest absolute Gasteiger partial charge is 0.407 e. The van der Waals surface area contributed by atoms with Crippen molar-refractivity contribution in [3.8, 4) is 11.8 Å². The average molecular weight is 531 g/mol. The number of ether oxygens (including phenoxy) is 1. The van der Waals surface area contributed by atoms with E-state index in [0.29, 0.717) is 29.4 Å². The number of rotatable bonds is 8. The van der Waals surface area contributed by atoms with Crippen molar-refractivity contribution >= 4 is 35.0 Å². The fourth-order valence-electron chi connectivity index (χ4n) is 5.01. The quantitative estimate of drug-likeness (QED) is 0.377. The number of alkyl carbamates (subject to hydrolysis) is 1. The first-order valence-corrected chi connectivity index (χ1v) is 14.4. The van der Waals surface area contributed by atoms with Crippen molar-refractivity contribution in [2.45, 2.75) is 105 Å². The average Bonchev–Trinajstić information content (AvgIpc) is 3.48. The maximum atomic E-state index is 13.9. The lowest BCUT2D eigenvalue weighted by molar-refractivity contribution is -0.124. The van der Waals surface area contributed by atoms with Gasteiger partial charge in [-0.1, -0.05) is 18.8 Å². The highest BCUT2D eigenvalue weighted by Gasteiger charge is 2.34. The van der Waals surface area contributed by atoms with E-state index in [2.05, 4.69) is 24.1 Å². The van der Waals surface area contributed by atoms with Gasteiger partial charge in [0.25, 0.3) is 0 Å². The van der Waals surface area contributed by atoms with E-state index < -0.39 is 12.1 Å². The van der Waals surface area contributed by atoms with Crippen molar-refractivity contribution in [1.82, 2.24) is 5.32 Å². The first-order chi connectivity index (χ1) is 17.4. The summed E-state index contributed by atoms with van der Waals surface area (Å²) in [7, 11) is 0. The summed E-state index contributed by atoms with van der Waals surface area (Å²) in [6.45, 7) is 10.5. The first kappa shape index (κ1) is 29.0. The van der Waals surface area contributed by atoms with E-state index >= 15 is 0 Å². The highest BCUT2D eigenvalue weighted by molar-refractivity contribution is 7.15. The predicted molar refractivity (Wildman–Crippen MR) is 147 cm³/mol. The van der Waals surface area contributed by atoms with E-state index in [-0.39, 0.29) is 34.3 Å². The molecular weight excluding hydrogens is 488 g/mol. The molecule has 0 aromatic carbocycles. The summed E-state index contributed by atoms with van der Waals surface area (Å²) in [5.41, 5.74) is 0.175. The molecule has 0 unspecified atom stereocenters. The van der Waals surface area contributed by atoms with Crippen LogP contribution in [-0.4, -0.2) is 41.8 Å². The number of anilines is 1. The minimum absolute atomic E-state index is 0.0132. The van der Waals surface area contributed by atoms with Crippen LogP contribution in [0.4, 0.5) is 10.5 Å². The van der Waals surface area contributed by atoms with Gasteiger partial charge in [-0.05, 0) is 97.5 Å². The summed E-state index contributed by atoms with van der Waals surface area (Å²) >= 11 is 1.11. The molecule has 0 saturated heterocycles. The molecule has 1 heterocycles. The van der Waals surface area contributed by atoms with Crippen molar-refractivity contribution in [3.05, 3.63) is 15.8 Å². The van der Waals surface area contributed by atoms with Crippen LogP contribution in [0.1, 0.15) is 107 Å². The highest BCUT2D eigenvalue weighted by atomic mass is 32.1. The zero-order chi connectivity index (χ0) is 27.2. The zero-order valence-electron chi connectivity index (χ0n) is 22.9. The number of nitrogens with zero attached hydrogens (tertiary/aromatic N) is 1. The predicted octanol–water partition coefficient (Wildman–Crippen LogP) is 6.45. The van der Waals surface area contributed by atoms with Crippen molar-refractivity contribution in [2.24, 2.45) is 17.3 Å². The van der Waals surface area contributed by atoms with E-state index in [1.165, 1.54) is 0 Å². The van der Waals surface area contributed by atoms with Gasteiger partial charge in [-0.2, -0.15) is 0 Å². The van der Waals surface area contributed by atoms with Gasteiger partial charge in [-0.25, -0.2) is 9.59 Å². The van der Waals surface area contributed by atoms with Crippen LogP contribution >= 0.6 is 11.3 Å². The van der Waals surface area contributed by atoms with Crippen LogP contribution in [0.25, 0.3) is 0 Å². The second-order valence-electron chi connectivity index (χ2n) is 11.7. The molecule has 204 valence electrons. The molecule has 1 atom stereocenters. The fraction of sp³-hybridized carbons (Fsp3) is 0.690. The van der Waals surface area contributed by atoms with Gasteiger partial charge in [0.2, 0.25) is 5.91 Å². The summed E-state index contributed by atoms with van der Waals surface area (Å²) in [4.78, 5) is 40.7. The van der Waals surface area contributed by atoms with Crippen LogP contribution in [-0.2, 0) is 9.53 Å². The Morgan fingerprint density at radius 3 is 2.41 bits per heavy atom. The van der Waals surface area contributed by atoms with Crippen molar-refractivity contribution in [3.63, 3.8) is 0 Å². The van der Waals surface area contributed by atoms with Gasteiger partial charge in [0.15, 0.2) is 0 Å². The third-order valence-electron chi connectivity index (χ3n) is 7.18.